The van der Waals surface area contributed by atoms with Gasteiger partial charge in [0.05, 0.1) is 16.9 Å². The van der Waals surface area contributed by atoms with Crippen LogP contribution in [0.5, 0.6) is 5.88 Å². The van der Waals surface area contributed by atoms with E-state index < -0.39 is 0 Å². The lowest BCUT2D eigenvalue weighted by Gasteiger charge is -2.05. The summed E-state index contributed by atoms with van der Waals surface area (Å²) in [6.45, 7) is 6.23. The minimum absolute atomic E-state index is 0.211. The lowest BCUT2D eigenvalue weighted by molar-refractivity contribution is 0.435. The lowest BCUT2D eigenvalue weighted by Crippen LogP contribution is -1.97. The number of aryl methyl sites for hydroxylation is 3. The first-order chi connectivity index (χ1) is 11.1. The van der Waals surface area contributed by atoms with E-state index >= 15 is 0 Å². The zero-order valence-corrected chi connectivity index (χ0v) is 13.9. The van der Waals surface area contributed by atoms with Crippen LogP contribution < -0.4 is 0 Å². The molecule has 1 aromatic heterocycles. The van der Waals surface area contributed by atoms with Crippen molar-refractivity contribution in [2.45, 2.75) is 33.6 Å². The van der Waals surface area contributed by atoms with Crippen molar-refractivity contribution in [2.75, 3.05) is 0 Å². The summed E-state index contributed by atoms with van der Waals surface area (Å²) in [6, 6.07) is 16.2. The molecule has 23 heavy (non-hydrogen) atoms. The van der Waals surface area contributed by atoms with Crippen LogP contribution in [0.25, 0.3) is 16.8 Å². The SMILES string of the molecule is CCCc1nn(-c2cccc(C)c2)c(O)c1-c1ccc(C)cc1. The van der Waals surface area contributed by atoms with Crippen molar-refractivity contribution in [3.05, 3.63) is 65.4 Å². The molecule has 0 atom stereocenters. The van der Waals surface area contributed by atoms with E-state index in [9.17, 15) is 5.11 Å². The summed E-state index contributed by atoms with van der Waals surface area (Å²) in [4.78, 5) is 0. The van der Waals surface area contributed by atoms with Crippen molar-refractivity contribution in [3.63, 3.8) is 0 Å². The third kappa shape index (κ3) is 3.00. The molecule has 0 amide bonds. The molecule has 3 rings (SSSR count). The van der Waals surface area contributed by atoms with E-state index in [1.165, 1.54) is 5.56 Å². The van der Waals surface area contributed by atoms with Crippen molar-refractivity contribution in [3.8, 4) is 22.7 Å². The summed E-state index contributed by atoms with van der Waals surface area (Å²) < 4.78 is 1.65. The van der Waals surface area contributed by atoms with Gasteiger partial charge in [0.15, 0.2) is 0 Å². The Morgan fingerprint density at radius 2 is 1.74 bits per heavy atom. The molecule has 0 aliphatic heterocycles. The average Bonchev–Trinajstić information content (AvgIpc) is 2.85. The molecular weight excluding hydrogens is 284 g/mol. The van der Waals surface area contributed by atoms with E-state index in [2.05, 4.69) is 31.1 Å². The number of aromatic hydroxyl groups is 1. The summed E-state index contributed by atoms with van der Waals surface area (Å²) in [6.07, 6.45) is 1.83. The third-order valence-corrected chi connectivity index (χ3v) is 4.01. The standard InChI is InChI=1S/C20H22N2O/c1-4-6-18-19(16-11-9-14(2)10-12-16)20(23)22(21-18)17-8-5-7-15(3)13-17/h5,7-13,23H,4,6H2,1-3H3. The van der Waals surface area contributed by atoms with Crippen molar-refractivity contribution in [1.29, 1.82) is 0 Å². The van der Waals surface area contributed by atoms with Gasteiger partial charge in [-0.2, -0.15) is 5.10 Å². The molecule has 0 aliphatic rings. The van der Waals surface area contributed by atoms with Gasteiger partial charge in [-0.25, -0.2) is 4.68 Å². The van der Waals surface area contributed by atoms with Crippen molar-refractivity contribution in [1.82, 2.24) is 9.78 Å². The van der Waals surface area contributed by atoms with E-state index in [1.54, 1.807) is 4.68 Å². The van der Waals surface area contributed by atoms with E-state index in [0.717, 1.165) is 40.9 Å². The predicted octanol–water partition coefficient (Wildman–Crippen LogP) is 4.81. The minimum atomic E-state index is 0.211. The van der Waals surface area contributed by atoms with Crippen LogP contribution in [0.4, 0.5) is 0 Å². The summed E-state index contributed by atoms with van der Waals surface area (Å²) in [5.41, 5.74) is 6.03. The zero-order valence-electron chi connectivity index (χ0n) is 13.9. The van der Waals surface area contributed by atoms with Gasteiger partial charge < -0.3 is 5.11 Å². The highest BCUT2D eigenvalue weighted by Crippen LogP contribution is 2.35. The van der Waals surface area contributed by atoms with Crippen LogP contribution in [-0.4, -0.2) is 14.9 Å². The first-order valence-electron chi connectivity index (χ1n) is 8.05. The number of aromatic nitrogens is 2. The zero-order chi connectivity index (χ0) is 16.4. The Kier molecular flexibility index (Phi) is 4.20. The fraction of sp³-hybridized carbons (Fsp3) is 0.250. The van der Waals surface area contributed by atoms with Crippen molar-refractivity contribution >= 4 is 0 Å². The van der Waals surface area contributed by atoms with Gasteiger partial charge in [0.25, 0.3) is 0 Å². The molecular formula is C20H22N2O. The lowest BCUT2D eigenvalue weighted by atomic mass is 10.0. The van der Waals surface area contributed by atoms with E-state index in [0.29, 0.717) is 0 Å². The van der Waals surface area contributed by atoms with E-state index in [4.69, 9.17) is 0 Å². The maximum atomic E-state index is 10.8. The Morgan fingerprint density at radius 1 is 1.00 bits per heavy atom. The number of hydrogen-bond donors (Lipinski definition) is 1. The Balaban J connectivity index is 2.17. The Labute approximate surface area is 137 Å². The summed E-state index contributed by atoms with van der Waals surface area (Å²) in [7, 11) is 0. The van der Waals surface area contributed by atoms with Gasteiger partial charge in [0.2, 0.25) is 5.88 Å². The molecule has 0 saturated carbocycles. The van der Waals surface area contributed by atoms with Crippen LogP contribution in [0.2, 0.25) is 0 Å². The summed E-state index contributed by atoms with van der Waals surface area (Å²) in [5.74, 6) is 0.211. The Morgan fingerprint density at radius 3 is 2.39 bits per heavy atom. The second kappa shape index (κ2) is 6.29. The van der Waals surface area contributed by atoms with Gasteiger partial charge in [-0.05, 0) is 43.5 Å². The fourth-order valence-corrected chi connectivity index (χ4v) is 2.82. The molecule has 0 aliphatic carbocycles. The first-order valence-corrected chi connectivity index (χ1v) is 8.05. The molecule has 0 spiro atoms. The summed E-state index contributed by atoms with van der Waals surface area (Å²) >= 11 is 0. The quantitative estimate of drug-likeness (QED) is 0.751. The predicted molar refractivity (Wildman–Crippen MR) is 94.1 cm³/mol. The molecule has 3 aromatic rings. The normalized spacial score (nSPS) is 10.9. The van der Waals surface area contributed by atoms with E-state index in [1.807, 2.05) is 43.3 Å². The third-order valence-electron chi connectivity index (χ3n) is 4.01. The molecule has 1 heterocycles. The smallest absolute Gasteiger partial charge is 0.222 e. The van der Waals surface area contributed by atoms with Crippen LogP contribution in [0.1, 0.15) is 30.2 Å². The highest BCUT2D eigenvalue weighted by molar-refractivity contribution is 5.72. The maximum absolute atomic E-state index is 10.8. The molecule has 3 heteroatoms. The summed E-state index contributed by atoms with van der Waals surface area (Å²) in [5, 5.41) is 15.5. The Hall–Kier alpha value is -2.55. The minimum Gasteiger partial charge on any atom is -0.493 e. The van der Waals surface area contributed by atoms with Crippen LogP contribution >= 0.6 is 0 Å². The highest BCUT2D eigenvalue weighted by Gasteiger charge is 2.19. The van der Waals surface area contributed by atoms with Gasteiger partial charge in [-0.1, -0.05) is 55.3 Å². The van der Waals surface area contributed by atoms with Gasteiger partial charge in [-0.15, -0.1) is 0 Å². The van der Waals surface area contributed by atoms with Crippen LogP contribution in [0.15, 0.2) is 48.5 Å². The number of benzene rings is 2. The van der Waals surface area contributed by atoms with Gasteiger partial charge >= 0.3 is 0 Å². The molecule has 0 unspecified atom stereocenters. The molecule has 3 nitrogen and oxygen atoms in total. The van der Waals surface area contributed by atoms with Crippen LogP contribution in [0.3, 0.4) is 0 Å². The first kappa shape index (κ1) is 15.3. The van der Waals surface area contributed by atoms with Crippen molar-refractivity contribution in [2.24, 2.45) is 0 Å². The molecule has 0 saturated heterocycles. The number of rotatable bonds is 4. The van der Waals surface area contributed by atoms with Crippen LogP contribution in [0, 0.1) is 13.8 Å². The van der Waals surface area contributed by atoms with Gasteiger partial charge in [0.1, 0.15) is 0 Å². The molecule has 0 fully saturated rings. The topological polar surface area (TPSA) is 38.0 Å². The molecule has 0 radical (unpaired) electrons. The molecule has 1 N–H and O–H groups in total. The highest BCUT2D eigenvalue weighted by atomic mass is 16.3. The second-order valence-corrected chi connectivity index (χ2v) is 6.01. The fourth-order valence-electron chi connectivity index (χ4n) is 2.82. The second-order valence-electron chi connectivity index (χ2n) is 6.01. The van der Waals surface area contributed by atoms with Crippen LogP contribution in [-0.2, 0) is 6.42 Å². The van der Waals surface area contributed by atoms with Gasteiger partial charge in [-0.3, -0.25) is 0 Å². The number of nitrogens with zero attached hydrogens (tertiary/aromatic N) is 2. The molecule has 118 valence electrons. The van der Waals surface area contributed by atoms with Gasteiger partial charge in [0, 0.05) is 0 Å². The van der Waals surface area contributed by atoms with E-state index in [-0.39, 0.29) is 5.88 Å². The Bertz CT molecular complexity index is 816. The largest absolute Gasteiger partial charge is 0.493 e. The maximum Gasteiger partial charge on any atom is 0.222 e. The van der Waals surface area contributed by atoms with Crippen molar-refractivity contribution < 1.29 is 5.11 Å². The molecule has 0 bridgehead atoms. The number of hydrogen-bond acceptors (Lipinski definition) is 2. The average molecular weight is 306 g/mol. The molecule has 2 aromatic carbocycles. The monoisotopic (exact) mass is 306 g/mol.